The average Bonchev–Trinajstić information content (AvgIpc) is 2.38. The van der Waals surface area contributed by atoms with Crippen LogP contribution in [-0.4, -0.2) is 47.2 Å². The van der Waals surface area contributed by atoms with Crippen molar-refractivity contribution in [3.05, 3.63) is 23.8 Å². The molecule has 0 aliphatic carbocycles. The maximum Gasteiger partial charge on any atom is 0.307 e. The molecule has 0 saturated carbocycles. The molecule has 1 aromatic carbocycles. The van der Waals surface area contributed by atoms with Gasteiger partial charge in [-0.05, 0) is 25.1 Å². The van der Waals surface area contributed by atoms with E-state index >= 15 is 0 Å². The lowest BCUT2D eigenvalue weighted by Crippen LogP contribution is -2.29. The van der Waals surface area contributed by atoms with Crippen molar-refractivity contribution in [3.8, 4) is 11.5 Å². The smallest absolute Gasteiger partial charge is 0.307 e. The lowest BCUT2D eigenvalue weighted by molar-refractivity contribution is -0.143. The highest BCUT2D eigenvalue weighted by molar-refractivity contribution is 5.94. The summed E-state index contributed by atoms with van der Waals surface area (Å²) >= 11 is 0. The summed E-state index contributed by atoms with van der Waals surface area (Å²) in [6.07, 6.45) is 0.111. The number of carbonyl (C=O) groups is 2. The predicted molar refractivity (Wildman–Crippen MR) is 68.0 cm³/mol. The number of rotatable bonds is 5. The second-order valence-electron chi connectivity index (χ2n) is 3.99. The fraction of sp³-hybridized carbons (Fsp3) is 0.385. The lowest BCUT2D eigenvalue weighted by Gasteiger charge is -2.16. The van der Waals surface area contributed by atoms with E-state index in [-0.39, 0.29) is 41.9 Å². The van der Waals surface area contributed by atoms with Gasteiger partial charge in [-0.25, -0.2) is 0 Å². The third kappa shape index (κ3) is 4.17. The monoisotopic (exact) mass is 267 g/mol. The number of phenolic OH excluding ortho intramolecular Hbond substituents is 2. The molecule has 0 atom stereocenters. The van der Waals surface area contributed by atoms with Crippen molar-refractivity contribution in [3.63, 3.8) is 0 Å². The van der Waals surface area contributed by atoms with E-state index in [1.165, 1.54) is 23.1 Å². The van der Waals surface area contributed by atoms with Gasteiger partial charge in [-0.15, -0.1) is 0 Å². The zero-order chi connectivity index (χ0) is 14.4. The highest BCUT2D eigenvalue weighted by Gasteiger charge is 2.14. The van der Waals surface area contributed by atoms with E-state index in [2.05, 4.69) is 0 Å². The topological polar surface area (TPSA) is 87.1 Å². The molecule has 1 aromatic rings. The Morgan fingerprint density at radius 2 is 1.95 bits per heavy atom. The Morgan fingerprint density at radius 1 is 1.26 bits per heavy atom. The number of esters is 1. The van der Waals surface area contributed by atoms with Crippen LogP contribution in [0.15, 0.2) is 18.2 Å². The molecule has 104 valence electrons. The highest BCUT2D eigenvalue weighted by atomic mass is 16.5. The second kappa shape index (κ2) is 6.63. The SMILES string of the molecule is CCOC(=O)CCN(C)C(=O)c1ccc(O)c(O)c1. The van der Waals surface area contributed by atoms with Gasteiger partial charge in [0.1, 0.15) is 0 Å². The van der Waals surface area contributed by atoms with Crippen LogP contribution >= 0.6 is 0 Å². The van der Waals surface area contributed by atoms with Gasteiger partial charge in [-0.2, -0.15) is 0 Å². The molecule has 0 aromatic heterocycles. The molecule has 0 aliphatic rings. The molecule has 1 rings (SSSR count). The van der Waals surface area contributed by atoms with Crippen LogP contribution in [0.3, 0.4) is 0 Å². The van der Waals surface area contributed by atoms with Crippen LogP contribution in [0.4, 0.5) is 0 Å². The fourth-order valence-electron chi connectivity index (χ4n) is 1.47. The number of hydrogen-bond acceptors (Lipinski definition) is 5. The minimum Gasteiger partial charge on any atom is -0.504 e. The molecular weight excluding hydrogens is 250 g/mol. The Morgan fingerprint density at radius 3 is 2.53 bits per heavy atom. The van der Waals surface area contributed by atoms with E-state index in [0.29, 0.717) is 6.61 Å². The van der Waals surface area contributed by atoms with Crippen molar-refractivity contribution in [2.75, 3.05) is 20.2 Å². The summed E-state index contributed by atoms with van der Waals surface area (Å²) in [7, 11) is 1.55. The van der Waals surface area contributed by atoms with Gasteiger partial charge in [0.2, 0.25) is 0 Å². The fourth-order valence-corrected chi connectivity index (χ4v) is 1.47. The van der Waals surface area contributed by atoms with Crippen molar-refractivity contribution in [1.29, 1.82) is 0 Å². The Bertz CT molecular complexity index is 472. The third-order valence-electron chi connectivity index (χ3n) is 2.53. The molecular formula is C13H17NO5. The normalized spacial score (nSPS) is 10.0. The average molecular weight is 267 g/mol. The minimum atomic E-state index is -0.365. The van der Waals surface area contributed by atoms with E-state index < -0.39 is 0 Å². The van der Waals surface area contributed by atoms with Gasteiger partial charge in [-0.3, -0.25) is 9.59 Å². The molecule has 0 aliphatic heterocycles. The first kappa shape index (κ1) is 14.8. The van der Waals surface area contributed by atoms with Gasteiger partial charge < -0.3 is 19.8 Å². The molecule has 0 unspecified atom stereocenters. The van der Waals surface area contributed by atoms with Crippen molar-refractivity contribution in [1.82, 2.24) is 4.90 Å². The summed E-state index contributed by atoms with van der Waals surface area (Å²) in [5.41, 5.74) is 0.238. The first-order valence-corrected chi connectivity index (χ1v) is 5.88. The predicted octanol–water partition coefficient (Wildman–Crippen LogP) is 1.12. The summed E-state index contributed by atoms with van der Waals surface area (Å²) in [5.74, 6) is -1.36. The highest BCUT2D eigenvalue weighted by Crippen LogP contribution is 2.25. The van der Waals surface area contributed by atoms with Gasteiger partial charge in [0.05, 0.1) is 13.0 Å². The van der Waals surface area contributed by atoms with Crippen molar-refractivity contribution < 1.29 is 24.5 Å². The molecule has 2 N–H and O–H groups in total. The summed E-state index contributed by atoms with van der Waals surface area (Å²) in [6.45, 7) is 2.24. The summed E-state index contributed by atoms with van der Waals surface area (Å²) in [4.78, 5) is 24.5. The molecule has 0 bridgehead atoms. The Balaban J connectivity index is 2.61. The zero-order valence-corrected chi connectivity index (χ0v) is 10.9. The minimum absolute atomic E-state index is 0.111. The Hall–Kier alpha value is -2.24. The summed E-state index contributed by atoms with van der Waals surface area (Å²) in [5, 5.41) is 18.5. The second-order valence-corrected chi connectivity index (χ2v) is 3.99. The van der Waals surface area contributed by atoms with E-state index in [9.17, 15) is 14.7 Å². The molecule has 6 heteroatoms. The van der Waals surface area contributed by atoms with Crippen molar-refractivity contribution in [2.24, 2.45) is 0 Å². The van der Waals surface area contributed by atoms with E-state index in [4.69, 9.17) is 9.84 Å². The van der Waals surface area contributed by atoms with Gasteiger partial charge in [0, 0.05) is 19.2 Å². The van der Waals surface area contributed by atoms with E-state index in [1.54, 1.807) is 14.0 Å². The zero-order valence-electron chi connectivity index (χ0n) is 10.9. The summed E-state index contributed by atoms with van der Waals surface area (Å²) < 4.78 is 4.76. The van der Waals surface area contributed by atoms with Crippen LogP contribution in [0.1, 0.15) is 23.7 Å². The molecule has 19 heavy (non-hydrogen) atoms. The number of amides is 1. The number of benzene rings is 1. The Kier molecular flexibility index (Phi) is 5.17. The first-order chi connectivity index (χ1) is 8.95. The number of ether oxygens (including phenoxy) is 1. The molecule has 0 radical (unpaired) electrons. The Labute approximate surface area is 111 Å². The van der Waals surface area contributed by atoms with Crippen LogP contribution in [-0.2, 0) is 9.53 Å². The number of nitrogens with zero attached hydrogens (tertiary/aromatic N) is 1. The summed E-state index contributed by atoms with van der Waals surface area (Å²) in [6, 6.07) is 3.82. The number of carbonyl (C=O) groups excluding carboxylic acids is 2. The van der Waals surface area contributed by atoms with Gasteiger partial charge in [-0.1, -0.05) is 0 Å². The van der Waals surface area contributed by atoms with Crippen LogP contribution in [0, 0.1) is 0 Å². The maximum absolute atomic E-state index is 12.0. The third-order valence-corrected chi connectivity index (χ3v) is 2.53. The van der Waals surface area contributed by atoms with E-state index in [0.717, 1.165) is 0 Å². The van der Waals surface area contributed by atoms with Crippen LogP contribution in [0.5, 0.6) is 11.5 Å². The molecule has 0 spiro atoms. The van der Waals surface area contributed by atoms with Crippen molar-refractivity contribution in [2.45, 2.75) is 13.3 Å². The number of phenols is 2. The standard InChI is InChI=1S/C13H17NO5/c1-3-19-12(17)6-7-14(2)13(18)9-4-5-10(15)11(16)8-9/h4-5,8,15-16H,3,6-7H2,1-2H3. The quantitative estimate of drug-likeness (QED) is 0.616. The largest absolute Gasteiger partial charge is 0.504 e. The van der Waals surface area contributed by atoms with Crippen LogP contribution in [0.2, 0.25) is 0 Å². The number of hydrogen-bond donors (Lipinski definition) is 2. The van der Waals surface area contributed by atoms with Crippen LogP contribution in [0.25, 0.3) is 0 Å². The van der Waals surface area contributed by atoms with Gasteiger partial charge >= 0.3 is 5.97 Å². The maximum atomic E-state index is 12.0. The molecule has 6 nitrogen and oxygen atoms in total. The first-order valence-electron chi connectivity index (χ1n) is 5.88. The molecule has 0 heterocycles. The lowest BCUT2D eigenvalue weighted by atomic mass is 10.1. The van der Waals surface area contributed by atoms with Gasteiger partial charge in [0.25, 0.3) is 5.91 Å². The van der Waals surface area contributed by atoms with Crippen molar-refractivity contribution >= 4 is 11.9 Å². The molecule has 0 fully saturated rings. The van der Waals surface area contributed by atoms with Gasteiger partial charge in [0.15, 0.2) is 11.5 Å². The molecule has 0 saturated heterocycles. The number of aromatic hydroxyl groups is 2. The molecule has 1 amide bonds. The van der Waals surface area contributed by atoms with E-state index in [1.807, 2.05) is 0 Å². The van der Waals surface area contributed by atoms with Crippen LogP contribution < -0.4 is 0 Å².